The Bertz CT molecular complexity index is 371. The summed E-state index contributed by atoms with van der Waals surface area (Å²) in [6.45, 7) is 8.07. The lowest BCUT2D eigenvalue weighted by Gasteiger charge is -2.21. The molecule has 0 aromatic rings. The van der Waals surface area contributed by atoms with E-state index in [2.05, 4.69) is 11.9 Å². The fraction of sp³-hybridized carbons (Fsp3) is 0.538. The number of aliphatic carboxylic acids is 1. The van der Waals surface area contributed by atoms with E-state index in [-0.39, 0.29) is 6.42 Å². The summed E-state index contributed by atoms with van der Waals surface area (Å²) in [5.74, 6) is -1.77. The number of rotatable bonds is 6. The number of allylic oxidation sites excluding steroid dienone is 3. The Morgan fingerprint density at radius 2 is 2.05 bits per heavy atom. The molecule has 0 aliphatic rings. The molecule has 0 aromatic heterocycles. The minimum Gasteiger partial charge on any atom is -0.480 e. The molecule has 0 rings (SSSR count). The van der Waals surface area contributed by atoms with Crippen LogP contribution in [0.1, 0.15) is 33.6 Å². The largest absolute Gasteiger partial charge is 0.480 e. The van der Waals surface area contributed by atoms with Gasteiger partial charge in [0, 0.05) is 0 Å². The predicted molar refractivity (Wildman–Crippen MR) is 69.4 cm³/mol. The van der Waals surface area contributed by atoms with Crippen LogP contribution in [-0.2, 0) is 9.53 Å². The number of amides is 1. The molecule has 2 N–H and O–H groups in total. The average molecular weight is 273 g/mol. The van der Waals surface area contributed by atoms with Gasteiger partial charge in [0.15, 0.2) is 0 Å². The lowest BCUT2D eigenvalue weighted by Crippen LogP contribution is -2.43. The maximum Gasteiger partial charge on any atom is 0.408 e. The highest BCUT2D eigenvalue weighted by atomic mass is 19.1. The van der Waals surface area contributed by atoms with E-state index in [0.29, 0.717) is 6.42 Å². The highest BCUT2D eigenvalue weighted by molar-refractivity contribution is 5.79. The third-order valence-corrected chi connectivity index (χ3v) is 1.91. The Labute approximate surface area is 112 Å². The van der Waals surface area contributed by atoms with E-state index in [9.17, 15) is 14.0 Å². The van der Waals surface area contributed by atoms with Crippen molar-refractivity contribution in [1.29, 1.82) is 0 Å². The normalized spacial score (nSPS) is 13.1. The van der Waals surface area contributed by atoms with Crippen LogP contribution in [0.25, 0.3) is 0 Å². The second-order valence-corrected chi connectivity index (χ2v) is 4.96. The smallest absolute Gasteiger partial charge is 0.408 e. The van der Waals surface area contributed by atoms with Crippen molar-refractivity contribution < 1.29 is 23.8 Å². The molecule has 0 bridgehead atoms. The third-order valence-electron chi connectivity index (χ3n) is 1.91. The summed E-state index contributed by atoms with van der Waals surface area (Å²) in [5, 5.41) is 11.2. The van der Waals surface area contributed by atoms with E-state index in [1.54, 1.807) is 20.8 Å². The number of nitrogens with one attached hydrogen (secondary N) is 1. The van der Waals surface area contributed by atoms with Gasteiger partial charge in [0.2, 0.25) is 0 Å². The number of ether oxygens (including phenoxy) is 1. The van der Waals surface area contributed by atoms with Crippen LogP contribution in [0.3, 0.4) is 0 Å². The van der Waals surface area contributed by atoms with Gasteiger partial charge in [-0.1, -0.05) is 12.7 Å². The molecule has 108 valence electrons. The number of hydrogen-bond donors (Lipinski definition) is 2. The minimum absolute atomic E-state index is 0.137. The van der Waals surface area contributed by atoms with Crippen LogP contribution in [0, 0.1) is 0 Å². The number of carboxylic acids is 1. The number of halogens is 1. The molecule has 5 nitrogen and oxygen atoms in total. The number of carbonyl (C=O) groups excluding carboxylic acids is 1. The van der Waals surface area contributed by atoms with Crippen LogP contribution in [0.4, 0.5) is 9.18 Å². The van der Waals surface area contributed by atoms with E-state index >= 15 is 0 Å². The van der Waals surface area contributed by atoms with E-state index in [0.717, 1.165) is 6.08 Å². The second-order valence-electron chi connectivity index (χ2n) is 4.96. The zero-order valence-electron chi connectivity index (χ0n) is 11.4. The topological polar surface area (TPSA) is 75.6 Å². The highest BCUT2D eigenvalue weighted by Crippen LogP contribution is 2.08. The van der Waals surface area contributed by atoms with Crippen molar-refractivity contribution in [3.63, 3.8) is 0 Å². The number of carboxylic acid groups (broad SMARTS) is 1. The molecule has 19 heavy (non-hydrogen) atoms. The van der Waals surface area contributed by atoms with Crippen LogP contribution in [0.5, 0.6) is 0 Å². The van der Waals surface area contributed by atoms with Crippen LogP contribution < -0.4 is 5.32 Å². The first-order valence-corrected chi connectivity index (χ1v) is 5.85. The van der Waals surface area contributed by atoms with Crippen LogP contribution in [0.15, 0.2) is 24.6 Å². The van der Waals surface area contributed by atoms with Crippen molar-refractivity contribution >= 4 is 12.1 Å². The van der Waals surface area contributed by atoms with Crippen molar-refractivity contribution in [2.75, 3.05) is 0 Å². The first-order chi connectivity index (χ1) is 8.61. The van der Waals surface area contributed by atoms with Crippen LogP contribution in [0.2, 0.25) is 0 Å². The van der Waals surface area contributed by atoms with Crippen molar-refractivity contribution in [1.82, 2.24) is 5.32 Å². The standard InChI is InChI=1S/C13H20FNO4/c1-9(14)7-5-6-8-10(11(16)17)15-12(18)19-13(2,3)4/h5,7,10H,1,6,8H2,2-4H3,(H,15,18)(H,16,17)/b7-5-/t10-/m0/s1. The van der Waals surface area contributed by atoms with Crippen molar-refractivity contribution in [3.8, 4) is 0 Å². The number of alkyl carbamates (subject to hydrolysis) is 1. The molecule has 0 aliphatic heterocycles. The van der Waals surface area contributed by atoms with E-state index in [1.807, 2.05) is 0 Å². The van der Waals surface area contributed by atoms with Crippen molar-refractivity contribution in [2.45, 2.75) is 45.3 Å². The van der Waals surface area contributed by atoms with Gasteiger partial charge in [-0.05, 0) is 39.7 Å². The Morgan fingerprint density at radius 1 is 1.47 bits per heavy atom. The molecule has 0 saturated carbocycles. The lowest BCUT2D eigenvalue weighted by molar-refractivity contribution is -0.139. The monoisotopic (exact) mass is 273 g/mol. The Kier molecular flexibility index (Phi) is 6.82. The summed E-state index contributed by atoms with van der Waals surface area (Å²) in [6, 6.07) is -1.08. The maximum atomic E-state index is 12.3. The molecule has 0 aromatic carbocycles. The first-order valence-electron chi connectivity index (χ1n) is 5.85. The van der Waals surface area contributed by atoms with Crippen LogP contribution in [-0.4, -0.2) is 28.8 Å². The first kappa shape index (κ1) is 17.2. The van der Waals surface area contributed by atoms with Crippen molar-refractivity contribution in [3.05, 3.63) is 24.6 Å². The Morgan fingerprint density at radius 3 is 2.47 bits per heavy atom. The predicted octanol–water partition coefficient (Wildman–Crippen LogP) is 2.78. The Balaban J connectivity index is 4.31. The zero-order valence-corrected chi connectivity index (χ0v) is 11.4. The van der Waals surface area contributed by atoms with Crippen LogP contribution >= 0.6 is 0 Å². The molecule has 0 fully saturated rings. The van der Waals surface area contributed by atoms with E-state index in [1.165, 1.54) is 6.08 Å². The number of carbonyl (C=O) groups is 2. The second kappa shape index (κ2) is 7.56. The summed E-state index contributed by atoms with van der Waals surface area (Å²) in [7, 11) is 0. The average Bonchev–Trinajstić information content (AvgIpc) is 2.19. The molecular formula is C13H20FNO4. The van der Waals surface area contributed by atoms with Gasteiger partial charge in [-0.25, -0.2) is 14.0 Å². The lowest BCUT2D eigenvalue weighted by atomic mass is 10.1. The molecular weight excluding hydrogens is 253 g/mol. The summed E-state index contributed by atoms with van der Waals surface area (Å²) in [5.41, 5.74) is -0.695. The molecule has 0 aliphatic carbocycles. The van der Waals surface area contributed by atoms with Gasteiger partial charge in [0.25, 0.3) is 0 Å². The summed E-state index contributed by atoms with van der Waals surface area (Å²) in [6.07, 6.45) is 2.24. The van der Waals surface area contributed by atoms with Gasteiger partial charge in [-0.15, -0.1) is 0 Å². The fourth-order valence-electron chi connectivity index (χ4n) is 1.18. The van der Waals surface area contributed by atoms with Gasteiger partial charge in [-0.2, -0.15) is 0 Å². The molecule has 0 radical (unpaired) electrons. The number of hydrogen-bond acceptors (Lipinski definition) is 3. The molecule has 0 heterocycles. The molecule has 0 saturated heterocycles. The third kappa shape index (κ3) is 9.82. The Hall–Kier alpha value is -1.85. The zero-order chi connectivity index (χ0) is 15.1. The molecule has 0 unspecified atom stereocenters. The fourth-order valence-corrected chi connectivity index (χ4v) is 1.18. The summed E-state index contributed by atoms with van der Waals surface area (Å²) >= 11 is 0. The SMILES string of the molecule is C=C(F)/C=C\CC[C@H](NC(=O)OC(C)(C)C)C(=O)O. The highest BCUT2D eigenvalue weighted by Gasteiger charge is 2.23. The molecule has 1 atom stereocenters. The quantitative estimate of drug-likeness (QED) is 0.730. The molecule has 1 amide bonds. The van der Waals surface area contributed by atoms with Gasteiger partial charge in [0.05, 0.1) is 0 Å². The van der Waals surface area contributed by atoms with Gasteiger partial charge >= 0.3 is 12.1 Å². The molecule has 0 spiro atoms. The molecule has 6 heteroatoms. The summed E-state index contributed by atoms with van der Waals surface area (Å²) < 4.78 is 17.3. The van der Waals surface area contributed by atoms with E-state index < -0.39 is 29.5 Å². The van der Waals surface area contributed by atoms with Gasteiger partial charge < -0.3 is 15.2 Å². The summed E-state index contributed by atoms with van der Waals surface area (Å²) in [4.78, 5) is 22.4. The van der Waals surface area contributed by atoms with Crippen molar-refractivity contribution in [2.24, 2.45) is 0 Å². The maximum absolute atomic E-state index is 12.3. The van der Waals surface area contributed by atoms with E-state index in [4.69, 9.17) is 9.84 Å². The minimum atomic E-state index is -1.17. The van der Waals surface area contributed by atoms with Gasteiger partial charge in [-0.3, -0.25) is 0 Å². The van der Waals surface area contributed by atoms with Gasteiger partial charge in [0.1, 0.15) is 17.5 Å².